The molecule has 0 saturated heterocycles. The van der Waals surface area contributed by atoms with Gasteiger partial charge in [-0.05, 0) is 42.5 Å². The molecule has 2 amide bonds. The number of amides is 2. The zero-order valence-corrected chi connectivity index (χ0v) is 15.3. The fraction of sp³-hybridized carbons (Fsp3) is 0.118. The molecule has 2 aromatic carbocycles. The third-order valence-electron chi connectivity index (χ3n) is 3.31. The Labute approximate surface area is 156 Å². The van der Waals surface area contributed by atoms with E-state index in [1.165, 1.54) is 11.8 Å². The molecule has 0 aromatic heterocycles. The van der Waals surface area contributed by atoms with Crippen LogP contribution in [0.15, 0.2) is 51.8 Å². The van der Waals surface area contributed by atoms with Gasteiger partial charge < -0.3 is 15.4 Å². The Kier molecular flexibility index (Phi) is 5.40. The molecule has 0 bridgehead atoms. The normalized spacial score (nSPS) is 12.8. The highest BCUT2D eigenvalue weighted by molar-refractivity contribution is 9.10. The largest absolute Gasteiger partial charge is 0.452 e. The Morgan fingerprint density at radius 1 is 1.20 bits per heavy atom. The first-order valence-electron chi connectivity index (χ1n) is 7.30. The number of carbonyl (C=O) groups is 3. The molecule has 0 radical (unpaired) electrons. The predicted molar refractivity (Wildman–Crippen MR) is 98.8 cm³/mol. The summed E-state index contributed by atoms with van der Waals surface area (Å²) < 4.78 is 5.92. The maximum Gasteiger partial charge on any atom is 0.338 e. The van der Waals surface area contributed by atoms with Crippen LogP contribution in [-0.2, 0) is 14.3 Å². The van der Waals surface area contributed by atoms with Crippen molar-refractivity contribution in [3.63, 3.8) is 0 Å². The van der Waals surface area contributed by atoms with Crippen molar-refractivity contribution in [3.05, 3.63) is 52.5 Å². The van der Waals surface area contributed by atoms with Crippen LogP contribution in [0.3, 0.4) is 0 Å². The first kappa shape index (κ1) is 17.5. The molecular weight excluding hydrogens is 408 g/mol. The van der Waals surface area contributed by atoms with E-state index in [1.807, 2.05) is 0 Å². The predicted octanol–water partition coefficient (Wildman–Crippen LogP) is 3.29. The second kappa shape index (κ2) is 7.71. The molecule has 0 spiro atoms. The van der Waals surface area contributed by atoms with Crippen LogP contribution in [0, 0.1) is 0 Å². The van der Waals surface area contributed by atoms with E-state index in [0.717, 1.165) is 9.37 Å². The number of hydrogen-bond acceptors (Lipinski definition) is 5. The van der Waals surface area contributed by atoms with Gasteiger partial charge in [0.05, 0.1) is 17.0 Å². The van der Waals surface area contributed by atoms with Crippen LogP contribution in [0.5, 0.6) is 0 Å². The van der Waals surface area contributed by atoms with Gasteiger partial charge in [-0.25, -0.2) is 4.79 Å². The second-order valence-electron chi connectivity index (χ2n) is 5.18. The second-order valence-corrected chi connectivity index (χ2v) is 7.11. The highest BCUT2D eigenvalue weighted by Gasteiger charge is 2.18. The highest BCUT2D eigenvalue weighted by Crippen LogP contribution is 2.32. The molecule has 0 unspecified atom stereocenters. The summed E-state index contributed by atoms with van der Waals surface area (Å²) in [5.41, 5.74) is 1.46. The SMILES string of the molecule is O=C(COC(=O)c1ccc2c(c1)NC(=O)CS2)Nc1ccc(Br)cc1. The van der Waals surface area contributed by atoms with Crippen LogP contribution in [0.4, 0.5) is 11.4 Å². The summed E-state index contributed by atoms with van der Waals surface area (Å²) in [4.78, 5) is 36.2. The Balaban J connectivity index is 1.57. The molecule has 128 valence electrons. The van der Waals surface area contributed by atoms with Crippen molar-refractivity contribution < 1.29 is 19.1 Å². The van der Waals surface area contributed by atoms with E-state index in [1.54, 1.807) is 42.5 Å². The fourth-order valence-electron chi connectivity index (χ4n) is 2.15. The van der Waals surface area contributed by atoms with E-state index < -0.39 is 18.5 Å². The summed E-state index contributed by atoms with van der Waals surface area (Å²) in [6, 6.07) is 12.0. The number of thioether (sulfide) groups is 1. The van der Waals surface area contributed by atoms with Gasteiger partial charge in [-0.2, -0.15) is 0 Å². The molecule has 0 aliphatic carbocycles. The molecule has 8 heteroatoms. The Hall–Kier alpha value is -2.32. The topological polar surface area (TPSA) is 84.5 Å². The quantitative estimate of drug-likeness (QED) is 0.741. The summed E-state index contributed by atoms with van der Waals surface area (Å²) in [6.07, 6.45) is 0. The number of hydrogen-bond donors (Lipinski definition) is 2. The molecule has 1 aliphatic heterocycles. The van der Waals surface area contributed by atoms with E-state index in [0.29, 0.717) is 17.1 Å². The van der Waals surface area contributed by atoms with Crippen molar-refractivity contribution in [2.24, 2.45) is 0 Å². The zero-order valence-electron chi connectivity index (χ0n) is 12.9. The van der Waals surface area contributed by atoms with Gasteiger partial charge in [0.1, 0.15) is 0 Å². The standard InChI is InChI=1S/C17H13BrN2O4S/c18-11-2-4-12(5-3-11)19-15(21)8-24-17(23)10-1-6-14-13(7-10)20-16(22)9-25-14/h1-7H,8-9H2,(H,19,21)(H,20,22). The monoisotopic (exact) mass is 420 g/mol. The minimum absolute atomic E-state index is 0.114. The van der Waals surface area contributed by atoms with Gasteiger partial charge in [0.15, 0.2) is 6.61 Å². The van der Waals surface area contributed by atoms with Crippen molar-refractivity contribution in [2.75, 3.05) is 23.0 Å². The summed E-state index contributed by atoms with van der Waals surface area (Å²) in [6.45, 7) is -0.396. The maximum absolute atomic E-state index is 12.1. The number of ether oxygens (including phenoxy) is 1. The maximum atomic E-state index is 12.1. The summed E-state index contributed by atoms with van der Waals surface area (Å²) in [5.74, 6) is -0.819. The van der Waals surface area contributed by atoms with Gasteiger partial charge in [-0.15, -0.1) is 11.8 Å². The highest BCUT2D eigenvalue weighted by atomic mass is 79.9. The zero-order chi connectivity index (χ0) is 17.8. The van der Waals surface area contributed by atoms with E-state index in [9.17, 15) is 14.4 Å². The number of anilines is 2. The molecule has 2 aromatic rings. The summed E-state index contributed by atoms with van der Waals surface area (Å²) in [5, 5.41) is 5.34. The van der Waals surface area contributed by atoms with Crippen molar-refractivity contribution in [2.45, 2.75) is 4.90 Å². The van der Waals surface area contributed by atoms with Crippen LogP contribution >= 0.6 is 27.7 Å². The lowest BCUT2D eigenvalue weighted by atomic mass is 10.2. The van der Waals surface area contributed by atoms with Crippen LogP contribution in [0.1, 0.15) is 10.4 Å². The van der Waals surface area contributed by atoms with Crippen LogP contribution in [-0.4, -0.2) is 30.1 Å². The number of fused-ring (bicyclic) bond motifs is 1. The van der Waals surface area contributed by atoms with Crippen molar-refractivity contribution in [1.29, 1.82) is 0 Å². The number of nitrogens with one attached hydrogen (secondary N) is 2. The molecule has 6 nitrogen and oxygen atoms in total. The fourth-order valence-corrected chi connectivity index (χ4v) is 3.21. The minimum Gasteiger partial charge on any atom is -0.452 e. The Bertz CT molecular complexity index is 839. The summed E-state index contributed by atoms with van der Waals surface area (Å²) >= 11 is 4.71. The molecule has 0 atom stereocenters. The average molecular weight is 421 g/mol. The third-order valence-corrected chi connectivity index (χ3v) is 4.91. The van der Waals surface area contributed by atoms with E-state index >= 15 is 0 Å². The van der Waals surface area contributed by atoms with Crippen molar-refractivity contribution >= 4 is 56.9 Å². The Morgan fingerprint density at radius 2 is 1.96 bits per heavy atom. The number of halogens is 1. The lowest BCUT2D eigenvalue weighted by Crippen LogP contribution is -2.21. The van der Waals surface area contributed by atoms with E-state index in [4.69, 9.17) is 4.74 Å². The molecular formula is C17H13BrN2O4S. The first-order chi connectivity index (χ1) is 12.0. The number of benzene rings is 2. The lowest BCUT2D eigenvalue weighted by molar-refractivity contribution is -0.119. The van der Waals surface area contributed by atoms with Gasteiger partial charge in [-0.1, -0.05) is 15.9 Å². The minimum atomic E-state index is -0.626. The average Bonchev–Trinajstić information content (AvgIpc) is 2.61. The van der Waals surface area contributed by atoms with Gasteiger partial charge in [0.25, 0.3) is 5.91 Å². The summed E-state index contributed by atoms with van der Waals surface area (Å²) in [7, 11) is 0. The van der Waals surface area contributed by atoms with Gasteiger partial charge in [-0.3, -0.25) is 9.59 Å². The number of esters is 1. The third kappa shape index (κ3) is 4.61. The molecule has 1 aliphatic rings. The van der Waals surface area contributed by atoms with Gasteiger partial charge in [0.2, 0.25) is 5.91 Å². The van der Waals surface area contributed by atoms with Crippen molar-refractivity contribution in [1.82, 2.24) is 0 Å². The first-order valence-corrected chi connectivity index (χ1v) is 9.08. The van der Waals surface area contributed by atoms with Crippen LogP contribution < -0.4 is 10.6 Å². The molecule has 2 N–H and O–H groups in total. The molecule has 25 heavy (non-hydrogen) atoms. The van der Waals surface area contributed by atoms with E-state index in [2.05, 4.69) is 26.6 Å². The van der Waals surface area contributed by atoms with Crippen LogP contribution in [0.2, 0.25) is 0 Å². The van der Waals surface area contributed by atoms with Gasteiger partial charge >= 0.3 is 5.97 Å². The number of carbonyl (C=O) groups excluding carboxylic acids is 3. The smallest absolute Gasteiger partial charge is 0.338 e. The molecule has 1 heterocycles. The Morgan fingerprint density at radius 3 is 2.72 bits per heavy atom. The van der Waals surface area contributed by atoms with Gasteiger partial charge in [0, 0.05) is 15.1 Å². The van der Waals surface area contributed by atoms with Crippen molar-refractivity contribution in [3.8, 4) is 0 Å². The lowest BCUT2D eigenvalue weighted by Gasteiger charge is -2.16. The molecule has 0 saturated carbocycles. The number of rotatable bonds is 4. The van der Waals surface area contributed by atoms with E-state index in [-0.39, 0.29) is 11.5 Å². The van der Waals surface area contributed by atoms with Crippen LogP contribution in [0.25, 0.3) is 0 Å². The molecule has 0 fully saturated rings. The molecule has 3 rings (SSSR count).